The number of carbonyl (C=O) groups is 1. The van der Waals surface area contributed by atoms with Crippen molar-refractivity contribution in [2.45, 2.75) is 48.4 Å². The van der Waals surface area contributed by atoms with Gasteiger partial charge in [-0.05, 0) is 36.8 Å². The first kappa shape index (κ1) is 19.7. The topological polar surface area (TPSA) is 58.6 Å². The van der Waals surface area contributed by atoms with Gasteiger partial charge in [0.1, 0.15) is 17.9 Å². The van der Waals surface area contributed by atoms with E-state index in [2.05, 4.69) is 14.9 Å². The summed E-state index contributed by atoms with van der Waals surface area (Å²) in [6, 6.07) is 3.12. The van der Waals surface area contributed by atoms with Gasteiger partial charge in [-0.25, -0.2) is 18.7 Å². The van der Waals surface area contributed by atoms with Gasteiger partial charge in [0, 0.05) is 49.3 Å². The van der Waals surface area contributed by atoms with Gasteiger partial charge >= 0.3 is 0 Å². The molecule has 4 heterocycles. The average molecular weight is 432 g/mol. The first-order valence-electron chi connectivity index (χ1n) is 10.1. The van der Waals surface area contributed by atoms with Gasteiger partial charge in [0.25, 0.3) is 5.91 Å². The van der Waals surface area contributed by atoms with Gasteiger partial charge in [-0.3, -0.25) is 4.79 Å². The Bertz CT molecular complexity index is 946. The molecule has 3 fully saturated rings. The van der Waals surface area contributed by atoms with Crippen LogP contribution in [0.5, 0.6) is 0 Å². The van der Waals surface area contributed by atoms with Gasteiger partial charge in [-0.1, -0.05) is 0 Å². The molecule has 2 atom stereocenters. The fourth-order valence-corrected chi connectivity index (χ4v) is 5.10. The number of aromatic nitrogens is 2. The zero-order valence-corrected chi connectivity index (χ0v) is 17.4. The second kappa shape index (κ2) is 7.46. The summed E-state index contributed by atoms with van der Waals surface area (Å²) in [6.07, 6.45) is 7.62. The third kappa shape index (κ3) is 3.24. The van der Waals surface area contributed by atoms with Crippen molar-refractivity contribution in [2.75, 3.05) is 24.2 Å². The molecule has 0 N–H and O–H groups in total. The molecule has 158 valence electrons. The lowest BCUT2D eigenvalue weighted by molar-refractivity contribution is -0.140. The number of piperidine rings is 1. The molecular weight excluding hydrogens is 410 g/mol. The van der Waals surface area contributed by atoms with Gasteiger partial charge in [0.2, 0.25) is 5.95 Å². The van der Waals surface area contributed by atoms with E-state index < -0.39 is 17.2 Å². The summed E-state index contributed by atoms with van der Waals surface area (Å²) in [5, 5.41) is 0. The number of fused-ring (bicyclic) bond motifs is 1. The standard InChI is InChI=1S/C21H22F2N4O2S/c1-30-16-11-24-20(25-12-16)26-6-4-21(5-7-26)19(28)27-17(2-3-18(27)29-21)13-8-14(22)10-15(23)9-13/h8-12,17-18H,2-7H2,1H3. The molecule has 2 aromatic rings. The summed E-state index contributed by atoms with van der Waals surface area (Å²) in [5.41, 5.74) is -0.381. The Morgan fingerprint density at radius 1 is 1.10 bits per heavy atom. The number of carbonyl (C=O) groups excluding carboxylic acids is 1. The summed E-state index contributed by atoms with van der Waals surface area (Å²) >= 11 is 1.59. The first-order chi connectivity index (χ1) is 14.5. The molecule has 0 radical (unpaired) electrons. The Hall–Kier alpha value is -2.26. The molecule has 1 aromatic carbocycles. The van der Waals surface area contributed by atoms with Crippen LogP contribution in [0.1, 0.15) is 37.3 Å². The molecule has 9 heteroatoms. The highest BCUT2D eigenvalue weighted by Gasteiger charge is 2.58. The van der Waals surface area contributed by atoms with E-state index in [1.807, 2.05) is 6.26 Å². The highest BCUT2D eigenvalue weighted by molar-refractivity contribution is 7.98. The van der Waals surface area contributed by atoms with E-state index in [-0.39, 0.29) is 18.2 Å². The third-order valence-electron chi connectivity index (χ3n) is 6.29. The summed E-state index contributed by atoms with van der Waals surface area (Å²) < 4.78 is 33.7. The number of hydrogen-bond acceptors (Lipinski definition) is 6. The zero-order valence-electron chi connectivity index (χ0n) is 16.6. The molecule has 5 rings (SSSR count). The van der Waals surface area contributed by atoms with Crippen LogP contribution in [0.15, 0.2) is 35.5 Å². The summed E-state index contributed by atoms with van der Waals surface area (Å²) in [4.78, 5) is 27.0. The number of thioether (sulfide) groups is 1. The molecule has 3 saturated heterocycles. The maximum atomic E-state index is 13.7. The molecule has 6 nitrogen and oxygen atoms in total. The number of ether oxygens (including phenoxy) is 1. The van der Waals surface area contributed by atoms with Crippen molar-refractivity contribution in [2.24, 2.45) is 0 Å². The van der Waals surface area contributed by atoms with Crippen molar-refractivity contribution in [1.29, 1.82) is 0 Å². The molecular formula is C21H22F2N4O2S. The number of rotatable bonds is 3. The second-order valence-corrected chi connectivity index (χ2v) is 8.86. The Morgan fingerprint density at radius 3 is 2.40 bits per heavy atom. The molecule has 2 unspecified atom stereocenters. The van der Waals surface area contributed by atoms with Crippen LogP contribution in [0.3, 0.4) is 0 Å². The molecule has 0 aliphatic carbocycles. The normalized spacial score (nSPS) is 25.2. The highest BCUT2D eigenvalue weighted by Crippen LogP contribution is 2.47. The van der Waals surface area contributed by atoms with E-state index >= 15 is 0 Å². The van der Waals surface area contributed by atoms with Crippen molar-refractivity contribution >= 4 is 23.6 Å². The highest BCUT2D eigenvalue weighted by atomic mass is 32.2. The molecule has 30 heavy (non-hydrogen) atoms. The maximum absolute atomic E-state index is 13.7. The van der Waals surface area contributed by atoms with E-state index in [9.17, 15) is 13.6 Å². The second-order valence-electron chi connectivity index (χ2n) is 7.99. The molecule has 3 aliphatic heterocycles. The number of halogens is 2. The van der Waals surface area contributed by atoms with Crippen molar-refractivity contribution in [3.8, 4) is 0 Å². The van der Waals surface area contributed by atoms with Crippen molar-refractivity contribution in [3.63, 3.8) is 0 Å². The van der Waals surface area contributed by atoms with Crippen LogP contribution in [0.25, 0.3) is 0 Å². The molecule has 1 aromatic heterocycles. The SMILES string of the molecule is CSc1cnc(N2CCC3(CC2)OC2CCC(c4cc(F)cc(F)c4)N2C3=O)nc1. The van der Waals surface area contributed by atoms with Gasteiger partial charge in [0.05, 0.1) is 6.04 Å². The maximum Gasteiger partial charge on any atom is 0.257 e. The minimum absolute atomic E-state index is 0.0713. The summed E-state index contributed by atoms with van der Waals surface area (Å²) in [6.45, 7) is 1.23. The van der Waals surface area contributed by atoms with E-state index in [1.54, 1.807) is 29.1 Å². The lowest BCUT2D eigenvalue weighted by Gasteiger charge is -2.37. The minimum atomic E-state index is -0.870. The Morgan fingerprint density at radius 2 is 1.77 bits per heavy atom. The van der Waals surface area contributed by atoms with Crippen LogP contribution in [-0.2, 0) is 9.53 Å². The number of hydrogen-bond donors (Lipinski definition) is 0. The van der Waals surface area contributed by atoms with Gasteiger partial charge < -0.3 is 14.5 Å². The number of amides is 1. The summed E-state index contributed by atoms with van der Waals surface area (Å²) in [7, 11) is 0. The lowest BCUT2D eigenvalue weighted by Crippen LogP contribution is -2.50. The predicted molar refractivity (Wildman–Crippen MR) is 108 cm³/mol. The first-order valence-corrected chi connectivity index (χ1v) is 11.3. The number of benzene rings is 1. The van der Waals surface area contributed by atoms with Crippen LogP contribution in [0.2, 0.25) is 0 Å². The average Bonchev–Trinajstić information content (AvgIpc) is 3.26. The van der Waals surface area contributed by atoms with E-state index in [1.165, 1.54) is 12.1 Å². The molecule has 1 spiro atoms. The monoisotopic (exact) mass is 432 g/mol. The third-order valence-corrected chi connectivity index (χ3v) is 6.98. The predicted octanol–water partition coefficient (Wildman–Crippen LogP) is 3.54. The minimum Gasteiger partial charge on any atom is -0.342 e. The van der Waals surface area contributed by atoms with Crippen LogP contribution in [0, 0.1) is 11.6 Å². The van der Waals surface area contributed by atoms with Crippen molar-refractivity contribution < 1.29 is 18.3 Å². The van der Waals surface area contributed by atoms with E-state index in [0.717, 1.165) is 11.0 Å². The van der Waals surface area contributed by atoms with Crippen molar-refractivity contribution in [1.82, 2.24) is 14.9 Å². The van der Waals surface area contributed by atoms with E-state index in [0.29, 0.717) is 50.3 Å². The van der Waals surface area contributed by atoms with Gasteiger partial charge in [-0.15, -0.1) is 11.8 Å². The fraction of sp³-hybridized carbons (Fsp3) is 0.476. The zero-order chi connectivity index (χ0) is 20.9. The van der Waals surface area contributed by atoms with E-state index in [4.69, 9.17) is 4.74 Å². The van der Waals surface area contributed by atoms with Crippen LogP contribution in [0.4, 0.5) is 14.7 Å². The summed E-state index contributed by atoms with van der Waals surface area (Å²) in [5.74, 6) is -0.673. The van der Waals surface area contributed by atoms with Crippen molar-refractivity contribution in [3.05, 3.63) is 47.8 Å². The Labute approximate surface area is 177 Å². The number of nitrogens with zero attached hydrogens (tertiary/aromatic N) is 4. The lowest BCUT2D eigenvalue weighted by atomic mass is 9.89. The molecule has 0 saturated carbocycles. The van der Waals surface area contributed by atoms with Crippen LogP contribution < -0.4 is 4.90 Å². The van der Waals surface area contributed by atoms with Gasteiger partial charge in [0.15, 0.2) is 5.60 Å². The fourth-order valence-electron chi connectivity index (χ4n) is 4.79. The molecule has 3 aliphatic rings. The van der Waals surface area contributed by atoms with Crippen LogP contribution >= 0.6 is 11.8 Å². The molecule has 1 amide bonds. The Balaban J connectivity index is 1.32. The molecule has 0 bridgehead atoms. The van der Waals surface area contributed by atoms with Crippen LogP contribution in [-0.4, -0.2) is 51.9 Å². The quantitative estimate of drug-likeness (QED) is 0.692. The smallest absolute Gasteiger partial charge is 0.257 e. The Kier molecular flexibility index (Phi) is 4.89. The largest absolute Gasteiger partial charge is 0.342 e. The number of anilines is 1. The van der Waals surface area contributed by atoms with Gasteiger partial charge in [-0.2, -0.15) is 0 Å².